The van der Waals surface area contributed by atoms with Crippen molar-refractivity contribution in [2.45, 2.75) is 11.4 Å². The highest BCUT2D eigenvalue weighted by Crippen LogP contribution is 2.46. The van der Waals surface area contributed by atoms with E-state index in [0.717, 1.165) is 10.3 Å². The Balaban J connectivity index is 1.77. The summed E-state index contributed by atoms with van der Waals surface area (Å²) in [6, 6.07) is 14.8. The number of benzene rings is 2. The van der Waals surface area contributed by atoms with Crippen LogP contribution in [0.3, 0.4) is 0 Å². The molecule has 23 heavy (non-hydrogen) atoms. The first-order chi connectivity index (χ1) is 11.1. The van der Waals surface area contributed by atoms with Gasteiger partial charge in [0.2, 0.25) is 16.8 Å². The molecular weight excluding hydrogens is 334 g/mol. The molecular formula is C16H13NO4S2. The highest BCUT2D eigenvalue weighted by atomic mass is 32.2. The van der Waals surface area contributed by atoms with E-state index in [2.05, 4.69) is 4.72 Å². The van der Waals surface area contributed by atoms with Crippen LogP contribution in [0, 0.1) is 0 Å². The number of rotatable bonds is 4. The van der Waals surface area contributed by atoms with Gasteiger partial charge < -0.3 is 9.47 Å². The summed E-state index contributed by atoms with van der Waals surface area (Å²) >= 11 is 1.32. The molecule has 0 spiro atoms. The molecule has 0 saturated heterocycles. The van der Waals surface area contributed by atoms with E-state index in [9.17, 15) is 8.42 Å². The molecule has 0 amide bonds. The highest BCUT2D eigenvalue weighted by molar-refractivity contribution is 7.90. The zero-order chi connectivity index (χ0) is 15.9. The third kappa shape index (κ3) is 2.56. The lowest BCUT2D eigenvalue weighted by molar-refractivity contribution is 0.126. The molecule has 0 fully saturated rings. The van der Waals surface area contributed by atoms with Crippen LogP contribution in [0.2, 0.25) is 0 Å². The molecule has 118 valence electrons. The van der Waals surface area contributed by atoms with Crippen LogP contribution in [-0.2, 0) is 16.6 Å². The van der Waals surface area contributed by atoms with E-state index in [1.165, 1.54) is 11.3 Å². The number of fused-ring (bicyclic) bond motifs is 1. The van der Waals surface area contributed by atoms with E-state index >= 15 is 0 Å². The molecule has 1 N–H and O–H groups in total. The molecule has 0 saturated carbocycles. The van der Waals surface area contributed by atoms with Crippen LogP contribution in [0.4, 0.5) is 0 Å². The minimum Gasteiger partial charge on any atom is -0.457 e. The van der Waals surface area contributed by atoms with Crippen molar-refractivity contribution in [3.8, 4) is 10.8 Å². The van der Waals surface area contributed by atoms with Gasteiger partial charge in [0.1, 0.15) is 10.6 Å². The molecule has 0 aliphatic carbocycles. The van der Waals surface area contributed by atoms with Crippen LogP contribution < -0.4 is 14.2 Å². The Kier molecular flexibility index (Phi) is 3.48. The fourth-order valence-corrected chi connectivity index (χ4v) is 5.25. The second kappa shape index (κ2) is 5.52. The summed E-state index contributed by atoms with van der Waals surface area (Å²) in [5.74, 6) is 0.530. The summed E-state index contributed by atoms with van der Waals surface area (Å²) in [5, 5.41) is 0.955. The SMILES string of the molecule is O=S(=O)(NCc1ccccc1)c1c2sc3cccc(c13)OCO2. The smallest absolute Gasteiger partial charge is 0.246 e. The molecule has 5 nitrogen and oxygen atoms in total. The summed E-state index contributed by atoms with van der Waals surface area (Å²) in [5.41, 5.74) is 0.893. The summed E-state index contributed by atoms with van der Waals surface area (Å²) in [7, 11) is -3.71. The molecule has 0 atom stereocenters. The molecule has 1 aliphatic rings. The topological polar surface area (TPSA) is 64.6 Å². The van der Waals surface area contributed by atoms with Gasteiger partial charge in [0.15, 0.2) is 5.06 Å². The van der Waals surface area contributed by atoms with Crippen molar-refractivity contribution >= 4 is 31.4 Å². The van der Waals surface area contributed by atoms with Gasteiger partial charge in [0.05, 0.1) is 5.39 Å². The highest BCUT2D eigenvalue weighted by Gasteiger charge is 2.30. The van der Waals surface area contributed by atoms with Crippen LogP contribution in [0.5, 0.6) is 10.8 Å². The number of thiophene rings is 1. The lowest BCUT2D eigenvalue weighted by atomic mass is 10.2. The van der Waals surface area contributed by atoms with Crippen molar-refractivity contribution in [3.63, 3.8) is 0 Å². The van der Waals surface area contributed by atoms with Crippen molar-refractivity contribution in [1.82, 2.24) is 4.72 Å². The average Bonchev–Trinajstić information content (AvgIpc) is 2.83. The van der Waals surface area contributed by atoms with E-state index < -0.39 is 10.0 Å². The van der Waals surface area contributed by atoms with Crippen LogP contribution in [-0.4, -0.2) is 15.2 Å². The third-order valence-corrected chi connectivity index (χ3v) is 6.23. The van der Waals surface area contributed by atoms with Crippen LogP contribution in [0.1, 0.15) is 5.56 Å². The molecule has 2 bridgehead atoms. The van der Waals surface area contributed by atoms with Crippen molar-refractivity contribution < 1.29 is 17.9 Å². The molecule has 3 aromatic rings. The zero-order valence-electron chi connectivity index (χ0n) is 12.0. The van der Waals surface area contributed by atoms with Gasteiger partial charge in [0.25, 0.3) is 0 Å². The van der Waals surface area contributed by atoms with E-state index in [1.54, 1.807) is 6.07 Å². The Morgan fingerprint density at radius 1 is 1.04 bits per heavy atom. The van der Waals surface area contributed by atoms with Gasteiger partial charge in [0, 0.05) is 11.2 Å². The third-order valence-electron chi connectivity index (χ3n) is 3.59. The van der Waals surface area contributed by atoms with E-state index in [4.69, 9.17) is 9.47 Å². The number of nitrogens with one attached hydrogen (secondary N) is 1. The summed E-state index contributed by atoms with van der Waals surface area (Å²) in [6.07, 6.45) is 0. The number of hydrogen-bond donors (Lipinski definition) is 1. The summed E-state index contributed by atoms with van der Waals surface area (Å²) in [4.78, 5) is 0.168. The van der Waals surface area contributed by atoms with Gasteiger partial charge in [-0.25, -0.2) is 13.1 Å². The average molecular weight is 347 g/mol. The molecule has 4 rings (SSSR count). The number of ether oxygens (including phenoxy) is 2. The minimum atomic E-state index is -3.71. The first-order valence-corrected chi connectivity index (χ1v) is 9.30. The van der Waals surface area contributed by atoms with Gasteiger partial charge >= 0.3 is 0 Å². The Bertz CT molecular complexity index is 964. The van der Waals surface area contributed by atoms with Gasteiger partial charge in [-0.05, 0) is 17.7 Å². The number of sulfonamides is 1. The maximum atomic E-state index is 12.8. The Morgan fingerprint density at radius 3 is 2.70 bits per heavy atom. The lowest BCUT2D eigenvalue weighted by Crippen LogP contribution is -2.23. The molecule has 7 heteroatoms. The van der Waals surface area contributed by atoms with E-state index in [1.807, 2.05) is 42.5 Å². The fourth-order valence-electron chi connectivity index (χ4n) is 2.52. The van der Waals surface area contributed by atoms with Crippen molar-refractivity contribution in [1.29, 1.82) is 0 Å². The van der Waals surface area contributed by atoms with E-state index in [-0.39, 0.29) is 18.2 Å². The number of hydrogen-bond acceptors (Lipinski definition) is 5. The van der Waals surface area contributed by atoms with Crippen LogP contribution in [0.15, 0.2) is 53.4 Å². The molecule has 2 heterocycles. The Hall–Kier alpha value is -2.09. The van der Waals surface area contributed by atoms with Crippen molar-refractivity contribution in [2.24, 2.45) is 0 Å². The van der Waals surface area contributed by atoms with Gasteiger partial charge in [-0.15, -0.1) is 0 Å². The molecule has 0 radical (unpaired) electrons. The minimum absolute atomic E-state index is 0.0104. The first-order valence-electron chi connectivity index (χ1n) is 7.00. The Labute approximate surface area is 137 Å². The monoisotopic (exact) mass is 347 g/mol. The quantitative estimate of drug-likeness (QED) is 0.788. The van der Waals surface area contributed by atoms with Crippen molar-refractivity contribution in [2.75, 3.05) is 6.79 Å². The Morgan fingerprint density at radius 2 is 1.87 bits per heavy atom. The van der Waals surface area contributed by atoms with Gasteiger partial charge in [-0.3, -0.25) is 0 Å². The van der Waals surface area contributed by atoms with Crippen molar-refractivity contribution in [3.05, 3.63) is 54.1 Å². The fraction of sp³-hybridized carbons (Fsp3) is 0.125. The molecule has 2 aromatic carbocycles. The predicted octanol–water partition coefficient (Wildman–Crippen LogP) is 3.11. The second-order valence-electron chi connectivity index (χ2n) is 5.06. The van der Waals surface area contributed by atoms with Crippen LogP contribution in [0.25, 0.3) is 10.1 Å². The van der Waals surface area contributed by atoms with Gasteiger partial charge in [-0.1, -0.05) is 47.7 Å². The predicted molar refractivity (Wildman–Crippen MR) is 88.4 cm³/mol. The largest absolute Gasteiger partial charge is 0.457 e. The summed E-state index contributed by atoms with van der Waals surface area (Å²) < 4.78 is 40.0. The zero-order valence-corrected chi connectivity index (χ0v) is 13.6. The normalized spacial score (nSPS) is 13.6. The second-order valence-corrected chi connectivity index (χ2v) is 7.78. The maximum Gasteiger partial charge on any atom is 0.246 e. The first kappa shape index (κ1) is 14.5. The summed E-state index contributed by atoms with van der Waals surface area (Å²) in [6.45, 7) is 0.236. The lowest BCUT2D eigenvalue weighted by Gasteiger charge is -2.07. The molecule has 0 unspecified atom stereocenters. The molecule has 1 aliphatic heterocycles. The maximum absolute atomic E-state index is 12.8. The van der Waals surface area contributed by atoms with Gasteiger partial charge in [-0.2, -0.15) is 0 Å². The molecule has 1 aromatic heterocycles. The van der Waals surface area contributed by atoms with E-state index in [0.29, 0.717) is 16.2 Å². The standard InChI is InChI=1S/C16H13NO4S2/c18-23(19,17-9-11-5-2-1-3-6-11)15-14-12-7-4-8-13(14)22-16(15)21-10-20-12/h1-8,17H,9-10H2. The van der Waals surface area contributed by atoms with Crippen LogP contribution >= 0.6 is 11.3 Å².